The molecule has 0 aliphatic heterocycles. The molecule has 1 amide bonds. The average Bonchev–Trinajstić information content (AvgIpc) is 2.13. The molecule has 1 aromatic rings. The standard InChI is InChI=1S/C9H4Cl4F3NO/c10-6-3-4(17-7(18)8(11,12)13)1-2-5(6)9(14,15)16/h1-3H,(H,17,18). The van der Waals surface area contributed by atoms with Crippen molar-refractivity contribution in [2.24, 2.45) is 0 Å². The number of nitrogens with one attached hydrogen (secondary N) is 1. The molecule has 0 heterocycles. The summed E-state index contributed by atoms with van der Waals surface area (Å²) in [5, 5.41) is 1.55. The quantitative estimate of drug-likeness (QED) is 0.740. The Labute approximate surface area is 120 Å². The third-order valence-electron chi connectivity index (χ3n) is 1.79. The van der Waals surface area contributed by atoms with Gasteiger partial charge >= 0.3 is 6.18 Å². The summed E-state index contributed by atoms with van der Waals surface area (Å²) >= 11 is 21.3. The van der Waals surface area contributed by atoms with Gasteiger partial charge in [0.05, 0.1) is 10.6 Å². The number of hydrogen-bond acceptors (Lipinski definition) is 1. The molecule has 0 saturated heterocycles. The van der Waals surface area contributed by atoms with Crippen LogP contribution in [0, 0.1) is 0 Å². The van der Waals surface area contributed by atoms with E-state index in [1.165, 1.54) is 0 Å². The van der Waals surface area contributed by atoms with Crippen molar-refractivity contribution in [3.8, 4) is 0 Å². The zero-order valence-electron chi connectivity index (χ0n) is 8.29. The van der Waals surface area contributed by atoms with Gasteiger partial charge in [-0.25, -0.2) is 0 Å². The maximum Gasteiger partial charge on any atom is 0.417 e. The van der Waals surface area contributed by atoms with Gasteiger partial charge in [0.1, 0.15) is 0 Å². The Morgan fingerprint density at radius 1 is 1.17 bits per heavy atom. The van der Waals surface area contributed by atoms with Crippen LogP contribution in [0.5, 0.6) is 0 Å². The monoisotopic (exact) mass is 339 g/mol. The number of carbonyl (C=O) groups excluding carboxylic acids is 1. The third-order valence-corrected chi connectivity index (χ3v) is 2.62. The molecular weight excluding hydrogens is 337 g/mol. The van der Waals surface area contributed by atoms with Crippen LogP contribution in [0.1, 0.15) is 5.56 Å². The van der Waals surface area contributed by atoms with Crippen molar-refractivity contribution in [3.63, 3.8) is 0 Å². The maximum atomic E-state index is 12.4. The van der Waals surface area contributed by atoms with E-state index in [1.807, 2.05) is 0 Å². The fourth-order valence-electron chi connectivity index (χ4n) is 1.02. The summed E-state index contributed by atoms with van der Waals surface area (Å²) < 4.78 is 35.0. The predicted molar refractivity (Wildman–Crippen MR) is 65.4 cm³/mol. The lowest BCUT2D eigenvalue weighted by Crippen LogP contribution is -2.26. The van der Waals surface area contributed by atoms with Crippen LogP contribution in [0.15, 0.2) is 18.2 Å². The van der Waals surface area contributed by atoms with E-state index < -0.39 is 26.5 Å². The first-order valence-electron chi connectivity index (χ1n) is 4.27. The van der Waals surface area contributed by atoms with E-state index in [2.05, 4.69) is 5.32 Å². The highest BCUT2D eigenvalue weighted by atomic mass is 35.6. The molecule has 0 radical (unpaired) electrons. The lowest BCUT2D eigenvalue weighted by molar-refractivity contribution is -0.137. The zero-order chi connectivity index (χ0) is 14.1. The molecule has 1 rings (SSSR count). The Morgan fingerprint density at radius 2 is 1.72 bits per heavy atom. The van der Waals surface area contributed by atoms with Crippen molar-refractivity contribution >= 4 is 58.0 Å². The van der Waals surface area contributed by atoms with Crippen LogP contribution in [-0.4, -0.2) is 9.70 Å². The molecule has 0 unspecified atom stereocenters. The number of alkyl halides is 6. The minimum Gasteiger partial charge on any atom is -0.322 e. The van der Waals surface area contributed by atoms with Gasteiger partial charge in [-0.2, -0.15) is 13.2 Å². The molecule has 100 valence electrons. The first kappa shape index (κ1) is 15.7. The third kappa shape index (κ3) is 4.09. The molecule has 0 spiro atoms. The molecule has 0 bridgehead atoms. The van der Waals surface area contributed by atoms with Gasteiger partial charge in [0.15, 0.2) is 0 Å². The SMILES string of the molecule is O=C(Nc1ccc(C(F)(F)F)c(Cl)c1)C(Cl)(Cl)Cl. The lowest BCUT2D eigenvalue weighted by atomic mass is 10.2. The summed E-state index contributed by atoms with van der Waals surface area (Å²) in [6.45, 7) is 0. The highest BCUT2D eigenvalue weighted by Gasteiger charge is 2.34. The number of anilines is 1. The topological polar surface area (TPSA) is 29.1 Å². The van der Waals surface area contributed by atoms with Crippen LogP contribution in [0.4, 0.5) is 18.9 Å². The van der Waals surface area contributed by atoms with Gasteiger partial charge in [0.2, 0.25) is 0 Å². The number of halogens is 7. The van der Waals surface area contributed by atoms with Crippen LogP contribution in [0.25, 0.3) is 0 Å². The van der Waals surface area contributed by atoms with E-state index >= 15 is 0 Å². The van der Waals surface area contributed by atoms with Crippen molar-refractivity contribution in [3.05, 3.63) is 28.8 Å². The molecule has 18 heavy (non-hydrogen) atoms. The number of amides is 1. The number of rotatable bonds is 1. The summed E-state index contributed by atoms with van der Waals surface area (Å²) in [6.07, 6.45) is -4.57. The van der Waals surface area contributed by atoms with Gasteiger partial charge < -0.3 is 5.32 Å². The molecule has 9 heteroatoms. The molecule has 0 fully saturated rings. The van der Waals surface area contributed by atoms with Gasteiger partial charge in [-0.3, -0.25) is 4.79 Å². The Hall–Kier alpha value is -0.360. The maximum absolute atomic E-state index is 12.4. The molecule has 0 atom stereocenters. The van der Waals surface area contributed by atoms with Crippen molar-refractivity contribution in [2.45, 2.75) is 9.97 Å². The van der Waals surface area contributed by atoms with Crippen LogP contribution in [0.2, 0.25) is 5.02 Å². The molecule has 2 nitrogen and oxygen atoms in total. The second-order valence-electron chi connectivity index (χ2n) is 3.14. The minimum absolute atomic E-state index is 0.00988. The van der Waals surface area contributed by atoms with Crippen molar-refractivity contribution < 1.29 is 18.0 Å². The molecule has 0 saturated carbocycles. The fraction of sp³-hybridized carbons (Fsp3) is 0.222. The van der Waals surface area contributed by atoms with Gasteiger partial charge in [0, 0.05) is 5.69 Å². The summed E-state index contributed by atoms with van der Waals surface area (Å²) in [5.41, 5.74) is -1.03. The van der Waals surface area contributed by atoms with Crippen LogP contribution >= 0.6 is 46.4 Å². The van der Waals surface area contributed by atoms with E-state index in [0.29, 0.717) is 0 Å². The molecular formula is C9H4Cl4F3NO. The van der Waals surface area contributed by atoms with Crippen molar-refractivity contribution in [1.29, 1.82) is 0 Å². The molecule has 0 aliphatic carbocycles. The Balaban J connectivity index is 2.96. The van der Waals surface area contributed by atoms with Gasteiger partial charge in [0.25, 0.3) is 9.70 Å². The zero-order valence-corrected chi connectivity index (χ0v) is 11.3. The molecule has 1 aromatic carbocycles. The van der Waals surface area contributed by atoms with E-state index in [9.17, 15) is 18.0 Å². The predicted octanol–water partition coefficient (Wildman–Crippen LogP) is 4.67. The highest BCUT2D eigenvalue weighted by Crippen LogP contribution is 2.36. The molecule has 1 N–H and O–H groups in total. The van der Waals surface area contributed by atoms with Crippen LogP contribution in [0.3, 0.4) is 0 Å². The van der Waals surface area contributed by atoms with Crippen molar-refractivity contribution in [1.82, 2.24) is 0 Å². The minimum atomic E-state index is -4.57. The lowest BCUT2D eigenvalue weighted by Gasteiger charge is -2.13. The molecule has 0 aromatic heterocycles. The van der Waals surface area contributed by atoms with E-state index in [0.717, 1.165) is 18.2 Å². The van der Waals surface area contributed by atoms with E-state index in [1.54, 1.807) is 0 Å². The van der Waals surface area contributed by atoms with Crippen molar-refractivity contribution in [2.75, 3.05) is 5.32 Å². The second kappa shape index (κ2) is 5.33. The van der Waals surface area contributed by atoms with Gasteiger partial charge in [-0.05, 0) is 18.2 Å². The van der Waals surface area contributed by atoms with Crippen LogP contribution < -0.4 is 5.32 Å². The first-order valence-corrected chi connectivity index (χ1v) is 5.78. The summed E-state index contributed by atoms with van der Waals surface area (Å²) in [5.74, 6) is -0.997. The number of carbonyl (C=O) groups is 1. The summed E-state index contributed by atoms with van der Waals surface area (Å²) in [4.78, 5) is 11.3. The smallest absolute Gasteiger partial charge is 0.322 e. The summed E-state index contributed by atoms with van der Waals surface area (Å²) in [7, 11) is 0. The number of benzene rings is 1. The normalized spacial score (nSPS) is 12.4. The Morgan fingerprint density at radius 3 is 2.11 bits per heavy atom. The number of hydrogen-bond donors (Lipinski definition) is 1. The average molecular weight is 341 g/mol. The fourth-order valence-corrected chi connectivity index (χ4v) is 1.45. The summed E-state index contributed by atoms with van der Waals surface area (Å²) in [6, 6.07) is 2.64. The van der Waals surface area contributed by atoms with Gasteiger partial charge in [-0.1, -0.05) is 46.4 Å². The Kier molecular flexibility index (Phi) is 4.65. The highest BCUT2D eigenvalue weighted by molar-refractivity contribution is 6.76. The molecule has 0 aliphatic rings. The van der Waals surface area contributed by atoms with E-state index in [4.69, 9.17) is 46.4 Å². The first-order chi connectivity index (χ1) is 8.01. The van der Waals surface area contributed by atoms with Gasteiger partial charge in [-0.15, -0.1) is 0 Å². The largest absolute Gasteiger partial charge is 0.417 e. The van der Waals surface area contributed by atoms with Crippen LogP contribution in [-0.2, 0) is 11.0 Å². The Bertz CT molecular complexity index is 470. The second-order valence-corrected chi connectivity index (χ2v) is 5.83. The van der Waals surface area contributed by atoms with E-state index in [-0.39, 0.29) is 5.69 Å².